The fraction of sp³-hybridized carbons (Fsp3) is 0.600. The average molecular weight is 262 g/mol. The lowest BCUT2D eigenvalue weighted by atomic mass is 9.86. The number of aromatic carboxylic acids is 1. The van der Waals surface area contributed by atoms with Gasteiger partial charge in [0, 0.05) is 18.8 Å². The van der Waals surface area contributed by atoms with Gasteiger partial charge < -0.3 is 5.11 Å². The Bertz CT molecular complexity index is 440. The van der Waals surface area contributed by atoms with Gasteiger partial charge in [-0.15, -0.1) is 0 Å². The molecule has 0 unspecified atom stereocenters. The predicted octanol–water partition coefficient (Wildman–Crippen LogP) is 2.79. The summed E-state index contributed by atoms with van der Waals surface area (Å²) < 4.78 is 0. The summed E-state index contributed by atoms with van der Waals surface area (Å²) in [5.41, 5.74) is 0.981. The normalized spacial score (nSPS) is 23.5. The molecular formula is C15H22N2O2. The molecule has 0 radical (unpaired) electrons. The van der Waals surface area contributed by atoms with Crippen molar-refractivity contribution in [1.29, 1.82) is 0 Å². The van der Waals surface area contributed by atoms with Gasteiger partial charge in [-0.1, -0.05) is 6.92 Å². The molecule has 1 aliphatic carbocycles. The summed E-state index contributed by atoms with van der Waals surface area (Å²) in [6, 6.07) is 3.86. The van der Waals surface area contributed by atoms with E-state index in [2.05, 4.69) is 23.9 Å². The standard InChI is InChI=1S/C15H22N2O2/c1-11-5-7-12(8-6-11)17(2)10-14-13(15(18)19)4-3-9-16-14/h3-4,9,11-12H,5-8,10H2,1-2H3,(H,18,19). The van der Waals surface area contributed by atoms with Gasteiger partial charge in [-0.3, -0.25) is 9.88 Å². The predicted molar refractivity (Wildman–Crippen MR) is 74.1 cm³/mol. The van der Waals surface area contributed by atoms with Gasteiger partial charge in [0.15, 0.2) is 0 Å². The van der Waals surface area contributed by atoms with E-state index in [1.807, 2.05) is 0 Å². The maximum atomic E-state index is 11.2. The van der Waals surface area contributed by atoms with E-state index in [9.17, 15) is 4.79 Å². The zero-order valence-electron chi connectivity index (χ0n) is 11.7. The van der Waals surface area contributed by atoms with Crippen LogP contribution < -0.4 is 0 Å². The van der Waals surface area contributed by atoms with E-state index < -0.39 is 5.97 Å². The Labute approximate surface area is 114 Å². The van der Waals surface area contributed by atoms with Gasteiger partial charge in [0.2, 0.25) is 0 Å². The van der Waals surface area contributed by atoms with Crippen molar-refractivity contribution < 1.29 is 9.90 Å². The van der Waals surface area contributed by atoms with Gasteiger partial charge in [0.25, 0.3) is 0 Å². The molecular weight excluding hydrogens is 240 g/mol. The fourth-order valence-electron chi connectivity index (χ4n) is 2.81. The SMILES string of the molecule is CC1CCC(N(C)Cc2ncccc2C(=O)O)CC1. The van der Waals surface area contributed by atoms with Gasteiger partial charge in [0.1, 0.15) is 0 Å². The summed E-state index contributed by atoms with van der Waals surface area (Å²) in [7, 11) is 2.07. The van der Waals surface area contributed by atoms with Gasteiger partial charge >= 0.3 is 5.97 Å². The lowest BCUT2D eigenvalue weighted by Gasteiger charge is -2.33. The van der Waals surface area contributed by atoms with Crippen molar-refractivity contribution in [3.63, 3.8) is 0 Å². The number of hydrogen-bond acceptors (Lipinski definition) is 3. The molecule has 1 fully saturated rings. The molecule has 0 aliphatic heterocycles. The van der Waals surface area contributed by atoms with Crippen LogP contribution in [0, 0.1) is 5.92 Å². The minimum absolute atomic E-state index is 0.318. The van der Waals surface area contributed by atoms with E-state index in [-0.39, 0.29) is 0 Å². The van der Waals surface area contributed by atoms with Crippen molar-refractivity contribution in [1.82, 2.24) is 9.88 Å². The molecule has 4 heteroatoms. The highest BCUT2D eigenvalue weighted by Gasteiger charge is 2.23. The number of rotatable bonds is 4. The molecule has 1 aromatic heterocycles. The Morgan fingerprint density at radius 3 is 2.74 bits per heavy atom. The topological polar surface area (TPSA) is 53.4 Å². The minimum atomic E-state index is -0.895. The Hall–Kier alpha value is -1.42. The van der Waals surface area contributed by atoms with Gasteiger partial charge in [-0.05, 0) is 50.8 Å². The van der Waals surface area contributed by atoms with Gasteiger partial charge in [0.05, 0.1) is 11.3 Å². The zero-order valence-corrected chi connectivity index (χ0v) is 11.7. The third-order valence-electron chi connectivity index (χ3n) is 4.13. The van der Waals surface area contributed by atoms with Crippen molar-refractivity contribution in [3.05, 3.63) is 29.6 Å². The summed E-state index contributed by atoms with van der Waals surface area (Å²) in [4.78, 5) is 17.6. The molecule has 0 spiro atoms. The van der Waals surface area contributed by atoms with Crippen LogP contribution in [0.3, 0.4) is 0 Å². The first-order valence-electron chi connectivity index (χ1n) is 6.95. The second-order valence-electron chi connectivity index (χ2n) is 5.63. The Morgan fingerprint density at radius 1 is 1.42 bits per heavy atom. The number of aromatic nitrogens is 1. The molecule has 1 aromatic rings. The molecule has 0 atom stereocenters. The minimum Gasteiger partial charge on any atom is -0.478 e. The first-order chi connectivity index (χ1) is 9.08. The van der Waals surface area contributed by atoms with E-state index in [1.54, 1.807) is 18.3 Å². The van der Waals surface area contributed by atoms with E-state index in [0.29, 0.717) is 23.8 Å². The van der Waals surface area contributed by atoms with Crippen LogP contribution in [0.1, 0.15) is 48.7 Å². The van der Waals surface area contributed by atoms with Crippen LogP contribution in [0.25, 0.3) is 0 Å². The Balaban J connectivity index is 2.02. The molecule has 1 N–H and O–H groups in total. The summed E-state index contributed by atoms with van der Waals surface area (Å²) in [5.74, 6) is -0.0668. The maximum absolute atomic E-state index is 11.2. The fourth-order valence-corrected chi connectivity index (χ4v) is 2.81. The number of hydrogen-bond donors (Lipinski definition) is 1. The summed E-state index contributed by atoms with van der Waals surface area (Å²) >= 11 is 0. The molecule has 0 bridgehead atoms. The Kier molecular flexibility index (Phi) is 4.53. The van der Waals surface area contributed by atoms with Crippen LogP contribution in [0.4, 0.5) is 0 Å². The van der Waals surface area contributed by atoms with Crippen LogP contribution in [0.5, 0.6) is 0 Å². The summed E-state index contributed by atoms with van der Waals surface area (Å²) in [6.45, 7) is 2.92. The largest absolute Gasteiger partial charge is 0.478 e. The molecule has 0 aromatic carbocycles. The number of carbonyl (C=O) groups is 1. The highest BCUT2D eigenvalue weighted by molar-refractivity contribution is 5.88. The molecule has 2 rings (SSSR count). The number of carboxylic acid groups (broad SMARTS) is 1. The van der Waals surface area contributed by atoms with Crippen molar-refractivity contribution in [3.8, 4) is 0 Å². The zero-order chi connectivity index (χ0) is 13.8. The molecule has 1 saturated carbocycles. The molecule has 0 amide bonds. The van der Waals surface area contributed by atoms with Crippen LogP contribution in [-0.2, 0) is 6.54 Å². The molecule has 1 aliphatic rings. The number of pyridine rings is 1. The molecule has 0 saturated heterocycles. The van der Waals surface area contributed by atoms with Crippen LogP contribution in [-0.4, -0.2) is 34.0 Å². The van der Waals surface area contributed by atoms with Crippen LogP contribution in [0.15, 0.2) is 18.3 Å². The smallest absolute Gasteiger partial charge is 0.337 e. The molecule has 1 heterocycles. The van der Waals surface area contributed by atoms with Crippen LogP contribution in [0.2, 0.25) is 0 Å². The molecule has 19 heavy (non-hydrogen) atoms. The third kappa shape index (κ3) is 3.53. The number of nitrogens with zero attached hydrogens (tertiary/aromatic N) is 2. The quantitative estimate of drug-likeness (QED) is 0.906. The molecule has 104 valence electrons. The second-order valence-corrected chi connectivity index (χ2v) is 5.63. The number of carboxylic acids is 1. The highest BCUT2D eigenvalue weighted by Crippen LogP contribution is 2.27. The van der Waals surface area contributed by atoms with E-state index >= 15 is 0 Å². The van der Waals surface area contributed by atoms with E-state index in [1.165, 1.54) is 25.7 Å². The average Bonchev–Trinajstić information content (AvgIpc) is 2.39. The van der Waals surface area contributed by atoms with Crippen LogP contribution >= 0.6 is 0 Å². The summed E-state index contributed by atoms with van der Waals surface area (Å²) in [5, 5.41) is 9.17. The van der Waals surface area contributed by atoms with E-state index in [4.69, 9.17) is 5.11 Å². The molecule has 4 nitrogen and oxygen atoms in total. The van der Waals surface area contributed by atoms with Crippen molar-refractivity contribution >= 4 is 5.97 Å². The van der Waals surface area contributed by atoms with Crippen molar-refractivity contribution in [2.45, 2.75) is 45.2 Å². The third-order valence-corrected chi connectivity index (χ3v) is 4.13. The Morgan fingerprint density at radius 2 is 2.11 bits per heavy atom. The highest BCUT2D eigenvalue weighted by atomic mass is 16.4. The van der Waals surface area contributed by atoms with Gasteiger partial charge in [-0.25, -0.2) is 4.79 Å². The van der Waals surface area contributed by atoms with Crippen molar-refractivity contribution in [2.75, 3.05) is 7.05 Å². The van der Waals surface area contributed by atoms with Gasteiger partial charge in [-0.2, -0.15) is 0 Å². The lowest BCUT2D eigenvalue weighted by molar-refractivity contribution is 0.0692. The second kappa shape index (κ2) is 6.15. The maximum Gasteiger partial charge on any atom is 0.337 e. The monoisotopic (exact) mass is 262 g/mol. The first kappa shape index (κ1) is 14.0. The first-order valence-corrected chi connectivity index (χ1v) is 6.95. The van der Waals surface area contributed by atoms with E-state index in [0.717, 1.165) is 5.92 Å². The van der Waals surface area contributed by atoms with Crippen molar-refractivity contribution in [2.24, 2.45) is 5.92 Å². The lowest BCUT2D eigenvalue weighted by Crippen LogP contribution is -2.35. The summed E-state index contributed by atoms with van der Waals surface area (Å²) in [6.07, 6.45) is 6.60.